The van der Waals surface area contributed by atoms with Crippen molar-refractivity contribution in [2.45, 2.75) is 26.2 Å². The molecule has 0 spiro atoms. The van der Waals surface area contributed by atoms with Crippen molar-refractivity contribution >= 4 is 22.2 Å². The van der Waals surface area contributed by atoms with Gasteiger partial charge >= 0.3 is 0 Å². The fourth-order valence-corrected chi connectivity index (χ4v) is 2.09. The van der Waals surface area contributed by atoms with Gasteiger partial charge < -0.3 is 9.84 Å². The number of rotatable bonds is 2. The highest BCUT2D eigenvalue weighted by Crippen LogP contribution is 2.43. The number of phenols is 1. The van der Waals surface area contributed by atoms with Crippen molar-refractivity contribution in [3.63, 3.8) is 0 Å². The Labute approximate surface area is 104 Å². The highest BCUT2D eigenvalue weighted by Gasteiger charge is 2.24. The van der Waals surface area contributed by atoms with Gasteiger partial charge in [0.25, 0.3) is 0 Å². The number of aromatic hydroxyl groups is 1. The largest absolute Gasteiger partial charge is 0.506 e. The second-order valence-electron chi connectivity index (χ2n) is 4.58. The monoisotopic (exact) mass is 286 g/mol. The molecule has 0 aromatic heterocycles. The van der Waals surface area contributed by atoms with Crippen molar-refractivity contribution in [1.82, 2.24) is 0 Å². The van der Waals surface area contributed by atoms with Crippen LogP contribution < -0.4 is 4.74 Å². The number of hydrogen-bond acceptors (Lipinski definition) is 3. The van der Waals surface area contributed by atoms with E-state index in [0.717, 1.165) is 5.56 Å². The lowest BCUT2D eigenvalue weighted by molar-refractivity contribution is 0.112. The van der Waals surface area contributed by atoms with E-state index in [2.05, 4.69) is 15.9 Å². The van der Waals surface area contributed by atoms with E-state index in [1.165, 1.54) is 7.11 Å². The van der Waals surface area contributed by atoms with Crippen molar-refractivity contribution < 1.29 is 14.6 Å². The van der Waals surface area contributed by atoms with E-state index >= 15 is 0 Å². The van der Waals surface area contributed by atoms with E-state index in [0.29, 0.717) is 16.5 Å². The maximum absolute atomic E-state index is 10.8. The van der Waals surface area contributed by atoms with Gasteiger partial charge in [-0.15, -0.1) is 0 Å². The molecule has 1 rings (SSSR count). The van der Waals surface area contributed by atoms with Crippen LogP contribution in [0.1, 0.15) is 36.7 Å². The topological polar surface area (TPSA) is 46.5 Å². The van der Waals surface area contributed by atoms with E-state index in [4.69, 9.17) is 4.74 Å². The Bertz CT molecular complexity index is 419. The average molecular weight is 287 g/mol. The van der Waals surface area contributed by atoms with Crippen LogP contribution in [0.2, 0.25) is 0 Å². The Kier molecular flexibility index (Phi) is 3.63. The van der Waals surface area contributed by atoms with Crippen LogP contribution in [-0.2, 0) is 5.41 Å². The fourth-order valence-electron chi connectivity index (χ4n) is 1.49. The zero-order valence-electron chi connectivity index (χ0n) is 9.80. The summed E-state index contributed by atoms with van der Waals surface area (Å²) in [6, 6.07) is 1.66. The Balaban J connectivity index is 3.60. The summed E-state index contributed by atoms with van der Waals surface area (Å²) in [5.74, 6) is 0.482. The van der Waals surface area contributed by atoms with Gasteiger partial charge in [0.2, 0.25) is 0 Å². The van der Waals surface area contributed by atoms with Crippen LogP contribution in [0, 0.1) is 0 Å². The summed E-state index contributed by atoms with van der Waals surface area (Å²) in [6.07, 6.45) is 0.634. The molecule has 0 fully saturated rings. The number of ether oxygens (including phenoxy) is 1. The lowest BCUT2D eigenvalue weighted by atomic mass is 9.85. The van der Waals surface area contributed by atoms with Gasteiger partial charge in [-0.25, -0.2) is 0 Å². The maximum Gasteiger partial charge on any atom is 0.153 e. The molecule has 0 heterocycles. The second-order valence-corrected chi connectivity index (χ2v) is 5.37. The first-order valence-corrected chi connectivity index (χ1v) is 5.67. The first-order valence-electron chi connectivity index (χ1n) is 4.88. The molecule has 3 nitrogen and oxygen atoms in total. The molecule has 1 aromatic rings. The van der Waals surface area contributed by atoms with E-state index in [-0.39, 0.29) is 16.7 Å². The zero-order chi connectivity index (χ0) is 12.5. The molecule has 0 amide bonds. The van der Waals surface area contributed by atoms with Gasteiger partial charge in [-0.3, -0.25) is 4.79 Å². The van der Waals surface area contributed by atoms with E-state index in [9.17, 15) is 9.90 Å². The number of carbonyl (C=O) groups is 1. The van der Waals surface area contributed by atoms with Crippen LogP contribution in [0.3, 0.4) is 0 Å². The van der Waals surface area contributed by atoms with Crippen LogP contribution in [0.25, 0.3) is 0 Å². The lowest BCUT2D eigenvalue weighted by Crippen LogP contribution is -2.14. The number of aldehydes is 1. The van der Waals surface area contributed by atoms with Crippen molar-refractivity contribution in [1.29, 1.82) is 0 Å². The van der Waals surface area contributed by atoms with Crippen molar-refractivity contribution in [3.8, 4) is 11.5 Å². The van der Waals surface area contributed by atoms with Gasteiger partial charge in [-0.05, 0) is 27.4 Å². The zero-order valence-corrected chi connectivity index (χ0v) is 11.4. The second kappa shape index (κ2) is 4.45. The summed E-state index contributed by atoms with van der Waals surface area (Å²) in [6.45, 7) is 6.05. The smallest absolute Gasteiger partial charge is 0.153 e. The summed E-state index contributed by atoms with van der Waals surface area (Å²) in [7, 11) is 1.54. The molecule has 0 saturated carbocycles. The third-order valence-electron chi connectivity index (χ3n) is 2.36. The third kappa shape index (κ3) is 2.21. The van der Waals surface area contributed by atoms with Gasteiger partial charge in [0.15, 0.2) is 6.29 Å². The molecule has 0 unspecified atom stereocenters. The summed E-state index contributed by atoms with van der Waals surface area (Å²) in [5, 5.41) is 9.74. The van der Waals surface area contributed by atoms with Gasteiger partial charge in [-0.2, -0.15) is 0 Å². The fraction of sp³-hybridized carbons (Fsp3) is 0.417. The highest BCUT2D eigenvalue weighted by atomic mass is 79.9. The number of benzene rings is 1. The SMILES string of the molecule is COc1c(C(C)(C)C)cc(C=O)c(O)c1Br. The molecule has 0 aliphatic carbocycles. The molecule has 0 saturated heterocycles. The minimum absolute atomic E-state index is 0.0835. The van der Waals surface area contributed by atoms with Gasteiger partial charge in [0.05, 0.1) is 12.7 Å². The molecule has 16 heavy (non-hydrogen) atoms. The molecule has 1 N–H and O–H groups in total. The normalized spacial score (nSPS) is 11.3. The molecular formula is C12H15BrO3. The van der Waals surface area contributed by atoms with Gasteiger partial charge in [-0.1, -0.05) is 20.8 Å². The minimum Gasteiger partial charge on any atom is -0.506 e. The van der Waals surface area contributed by atoms with Crippen LogP contribution in [0.5, 0.6) is 11.5 Å². The highest BCUT2D eigenvalue weighted by molar-refractivity contribution is 9.10. The summed E-state index contributed by atoms with van der Waals surface area (Å²) >= 11 is 3.24. The van der Waals surface area contributed by atoms with Crippen LogP contribution >= 0.6 is 15.9 Å². The lowest BCUT2D eigenvalue weighted by Gasteiger charge is -2.23. The molecule has 0 aliphatic rings. The van der Waals surface area contributed by atoms with Crippen LogP contribution in [0.15, 0.2) is 10.5 Å². The third-order valence-corrected chi connectivity index (χ3v) is 3.10. The Morgan fingerprint density at radius 1 is 1.44 bits per heavy atom. The summed E-state index contributed by atoms with van der Waals surface area (Å²) in [5.41, 5.74) is 0.971. The van der Waals surface area contributed by atoms with Crippen LogP contribution in [0.4, 0.5) is 0 Å². The molecule has 0 bridgehead atoms. The van der Waals surface area contributed by atoms with E-state index in [1.807, 2.05) is 20.8 Å². The van der Waals surface area contributed by atoms with E-state index in [1.54, 1.807) is 6.07 Å². The van der Waals surface area contributed by atoms with E-state index < -0.39 is 0 Å². The Hall–Kier alpha value is -1.03. The van der Waals surface area contributed by atoms with Crippen molar-refractivity contribution in [2.24, 2.45) is 0 Å². The molecule has 0 radical (unpaired) electrons. The average Bonchev–Trinajstić information content (AvgIpc) is 2.20. The standard InChI is InChI=1S/C12H15BrO3/c1-12(2,3)8-5-7(6-14)10(15)9(13)11(8)16-4/h5-6,15H,1-4H3. The summed E-state index contributed by atoms with van der Waals surface area (Å²) < 4.78 is 5.68. The van der Waals surface area contributed by atoms with Gasteiger partial charge in [0.1, 0.15) is 16.0 Å². The summed E-state index contributed by atoms with van der Waals surface area (Å²) in [4.78, 5) is 10.8. The first-order chi connectivity index (χ1) is 7.32. The van der Waals surface area contributed by atoms with Crippen molar-refractivity contribution in [3.05, 3.63) is 21.7 Å². The predicted octanol–water partition coefficient (Wildman–Crippen LogP) is 3.27. The molecule has 0 atom stereocenters. The Morgan fingerprint density at radius 3 is 2.38 bits per heavy atom. The Morgan fingerprint density at radius 2 is 2.00 bits per heavy atom. The minimum atomic E-state index is -0.167. The number of carbonyl (C=O) groups excluding carboxylic acids is 1. The number of phenolic OH excluding ortho intramolecular Hbond substituents is 1. The van der Waals surface area contributed by atoms with Crippen molar-refractivity contribution in [2.75, 3.05) is 7.11 Å². The maximum atomic E-state index is 10.8. The molecule has 88 valence electrons. The molecule has 1 aromatic carbocycles. The predicted molar refractivity (Wildman–Crippen MR) is 66.4 cm³/mol. The molecular weight excluding hydrogens is 272 g/mol. The number of hydrogen-bond donors (Lipinski definition) is 1. The first kappa shape index (κ1) is 13.0. The molecule has 4 heteroatoms. The van der Waals surface area contributed by atoms with Gasteiger partial charge in [0, 0.05) is 5.56 Å². The quantitative estimate of drug-likeness (QED) is 0.849. The molecule has 0 aliphatic heterocycles. The van der Waals surface area contributed by atoms with Crippen LogP contribution in [-0.4, -0.2) is 18.5 Å². The number of methoxy groups -OCH3 is 1. The number of halogens is 1.